The molecule has 0 bridgehead atoms. The summed E-state index contributed by atoms with van der Waals surface area (Å²) in [5, 5.41) is 11.1. The van der Waals surface area contributed by atoms with E-state index in [0.29, 0.717) is 18.5 Å². The third-order valence-electron chi connectivity index (χ3n) is 1.55. The van der Waals surface area contributed by atoms with Gasteiger partial charge in [-0.25, -0.2) is 4.79 Å². The first-order valence-electron chi connectivity index (χ1n) is 3.76. The fourth-order valence-corrected chi connectivity index (χ4v) is 0.966. The van der Waals surface area contributed by atoms with Gasteiger partial charge < -0.3 is 10.4 Å². The van der Waals surface area contributed by atoms with Gasteiger partial charge in [0.1, 0.15) is 0 Å². The first-order chi connectivity index (χ1) is 6.24. The van der Waals surface area contributed by atoms with Gasteiger partial charge in [-0.1, -0.05) is 18.2 Å². The molecule has 0 atom stereocenters. The summed E-state index contributed by atoms with van der Waals surface area (Å²) >= 11 is 0. The quantitative estimate of drug-likeness (QED) is 0.623. The smallest absolute Gasteiger partial charge is 0.335 e. The highest BCUT2D eigenvalue weighted by Crippen LogP contribution is 2.08. The first kappa shape index (κ1) is 9.25. The maximum Gasteiger partial charge on any atom is 0.335 e. The molecule has 4 nitrogen and oxygen atoms in total. The Morgan fingerprint density at radius 1 is 1.62 bits per heavy atom. The minimum atomic E-state index is -1.00. The Hall–Kier alpha value is -1.84. The predicted octanol–water partition coefficient (Wildman–Crippen LogP) is 0.587. The van der Waals surface area contributed by atoms with Crippen LogP contribution < -0.4 is 5.32 Å². The maximum absolute atomic E-state index is 10.6. The van der Waals surface area contributed by atoms with Crippen molar-refractivity contribution in [3.8, 4) is 0 Å². The van der Waals surface area contributed by atoms with Crippen molar-refractivity contribution in [2.24, 2.45) is 0 Å². The molecule has 2 N–H and O–H groups in total. The van der Waals surface area contributed by atoms with Crippen molar-refractivity contribution in [3.63, 3.8) is 0 Å². The number of nitrogens with one attached hydrogen (secondary N) is 1. The zero-order chi connectivity index (χ0) is 9.68. The molecule has 0 radical (unpaired) electrons. The lowest BCUT2D eigenvalue weighted by Crippen LogP contribution is -2.09. The van der Waals surface area contributed by atoms with Gasteiger partial charge in [0.15, 0.2) is 0 Å². The fourth-order valence-electron chi connectivity index (χ4n) is 0.966. The van der Waals surface area contributed by atoms with Gasteiger partial charge in [-0.3, -0.25) is 4.79 Å². The lowest BCUT2D eigenvalue weighted by atomic mass is 10.2. The molecule has 13 heavy (non-hydrogen) atoms. The van der Waals surface area contributed by atoms with E-state index in [1.165, 1.54) is 12.2 Å². The molecule has 0 fully saturated rings. The normalized spacial score (nSPS) is 15.4. The summed E-state index contributed by atoms with van der Waals surface area (Å²) < 4.78 is 0. The molecule has 0 heterocycles. The molecule has 1 aliphatic carbocycles. The van der Waals surface area contributed by atoms with Crippen molar-refractivity contribution in [2.45, 2.75) is 6.42 Å². The zero-order valence-corrected chi connectivity index (χ0v) is 6.86. The molecule has 1 rings (SSSR count). The van der Waals surface area contributed by atoms with E-state index in [0.717, 1.165) is 0 Å². The molecule has 0 saturated carbocycles. The Kier molecular flexibility index (Phi) is 3.03. The van der Waals surface area contributed by atoms with Gasteiger partial charge in [-0.15, -0.1) is 0 Å². The number of hydrogen-bond donors (Lipinski definition) is 2. The van der Waals surface area contributed by atoms with Crippen LogP contribution in [0, 0.1) is 0 Å². The summed E-state index contributed by atoms with van der Waals surface area (Å²) in [5.74, 6) is -1.00. The predicted molar refractivity (Wildman–Crippen MR) is 46.8 cm³/mol. The molecule has 1 aliphatic rings. The number of hydrogen-bond acceptors (Lipinski definition) is 2. The molecule has 68 valence electrons. The molecule has 1 amide bonds. The Morgan fingerprint density at radius 3 is 3.00 bits per heavy atom. The number of amides is 1. The second-order valence-corrected chi connectivity index (χ2v) is 2.46. The Labute approximate surface area is 75.3 Å². The Balaban J connectivity index is 2.88. The van der Waals surface area contributed by atoms with E-state index in [1.807, 2.05) is 0 Å². The number of allylic oxidation sites excluding steroid dienone is 3. The lowest BCUT2D eigenvalue weighted by Gasteiger charge is -1.97. The van der Waals surface area contributed by atoms with Crippen LogP contribution in [0.3, 0.4) is 0 Å². The Bertz CT molecular complexity index is 313. The molecule has 0 aliphatic heterocycles. The highest BCUT2D eigenvalue weighted by molar-refractivity contribution is 5.90. The number of carbonyl (C=O) groups is 2. The summed E-state index contributed by atoms with van der Waals surface area (Å²) in [5.41, 5.74) is 0.676. The van der Waals surface area contributed by atoms with Crippen molar-refractivity contribution in [1.82, 2.24) is 5.32 Å². The minimum Gasteiger partial charge on any atom is -0.478 e. The molecule has 0 aromatic heterocycles. The lowest BCUT2D eigenvalue weighted by molar-refractivity contribution is -0.132. The number of carbonyl (C=O) groups excluding carboxylic acids is 1. The van der Waals surface area contributed by atoms with Crippen molar-refractivity contribution in [1.29, 1.82) is 0 Å². The van der Waals surface area contributed by atoms with Crippen LogP contribution in [0.5, 0.6) is 0 Å². The van der Waals surface area contributed by atoms with E-state index in [-0.39, 0.29) is 5.57 Å². The standard InChI is InChI=1S/C9H9NO3/c11-6-10-8-4-2-1-3-7(5-8)9(12)13/h1,3-6H,2H2,(H,10,11)(H,12,13). The molecule has 0 unspecified atom stereocenters. The second kappa shape index (κ2) is 4.25. The van der Waals surface area contributed by atoms with Crippen LogP contribution in [0.1, 0.15) is 6.42 Å². The SMILES string of the molecule is O=CNC1=CCC=CC(C(=O)O)=C1. The van der Waals surface area contributed by atoms with E-state index < -0.39 is 5.97 Å². The summed E-state index contributed by atoms with van der Waals surface area (Å²) in [4.78, 5) is 20.7. The van der Waals surface area contributed by atoms with Crippen molar-refractivity contribution < 1.29 is 14.7 Å². The van der Waals surface area contributed by atoms with Gasteiger partial charge in [0.25, 0.3) is 0 Å². The molecule has 4 heteroatoms. The van der Waals surface area contributed by atoms with Gasteiger partial charge in [0.05, 0.1) is 5.57 Å². The van der Waals surface area contributed by atoms with E-state index in [4.69, 9.17) is 5.11 Å². The summed E-state index contributed by atoms with van der Waals surface area (Å²) in [6.45, 7) is 0. The molecule has 0 saturated heterocycles. The third-order valence-corrected chi connectivity index (χ3v) is 1.55. The van der Waals surface area contributed by atoms with Crippen LogP contribution in [0.25, 0.3) is 0 Å². The van der Waals surface area contributed by atoms with Crippen LogP contribution in [0.15, 0.2) is 35.6 Å². The van der Waals surface area contributed by atoms with E-state index in [2.05, 4.69) is 5.32 Å². The van der Waals surface area contributed by atoms with Gasteiger partial charge >= 0.3 is 5.97 Å². The topological polar surface area (TPSA) is 66.4 Å². The zero-order valence-electron chi connectivity index (χ0n) is 6.86. The molecule has 0 aromatic carbocycles. The Morgan fingerprint density at radius 2 is 2.38 bits per heavy atom. The fraction of sp³-hybridized carbons (Fsp3) is 0.111. The van der Waals surface area contributed by atoms with Crippen molar-refractivity contribution in [2.75, 3.05) is 0 Å². The van der Waals surface area contributed by atoms with Crippen LogP contribution in [0.4, 0.5) is 0 Å². The third kappa shape index (κ3) is 2.59. The minimum absolute atomic E-state index is 0.165. The number of carboxylic acids is 1. The average Bonchev–Trinajstić information content (AvgIpc) is 2.30. The number of aliphatic carboxylic acids is 1. The van der Waals surface area contributed by atoms with E-state index in [1.54, 1.807) is 12.2 Å². The van der Waals surface area contributed by atoms with Gasteiger partial charge in [-0.05, 0) is 12.5 Å². The van der Waals surface area contributed by atoms with Gasteiger partial charge in [-0.2, -0.15) is 0 Å². The van der Waals surface area contributed by atoms with Crippen LogP contribution >= 0.6 is 0 Å². The number of carboxylic acid groups (broad SMARTS) is 1. The molecule has 0 spiro atoms. The van der Waals surface area contributed by atoms with E-state index in [9.17, 15) is 9.59 Å². The summed E-state index contributed by atoms with van der Waals surface area (Å²) in [6.07, 6.45) is 7.52. The monoisotopic (exact) mass is 179 g/mol. The second-order valence-electron chi connectivity index (χ2n) is 2.46. The van der Waals surface area contributed by atoms with Crippen molar-refractivity contribution in [3.05, 3.63) is 35.6 Å². The van der Waals surface area contributed by atoms with Gasteiger partial charge in [0, 0.05) is 5.70 Å². The highest BCUT2D eigenvalue weighted by Gasteiger charge is 2.05. The maximum atomic E-state index is 10.6. The molecular weight excluding hydrogens is 170 g/mol. The van der Waals surface area contributed by atoms with Crippen LogP contribution in [-0.2, 0) is 9.59 Å². The largest absolute Gasteiger partial charge is 0.478 e. The summed E-state index contributed by atoms with van der Waals surface area (Å²) in [7, 11) is 0. The van der Waals surface area contributed by atoms with E-state index >= 15 is 0 Å². The van der Waals surface area contributed by atoms with Gasteiger partial charge in [0.2, 0.25) is 6.41 Å². The summed E-state index contributed by atoms with van der Waals surface area (Å²) in [6, 6.07) is 0. The van der Waals surface area contributed by atoms with Crippen LogP contribution in [-0.4, -0.2) is 17.5 Å². The number of rotatable bonds is 3. The highest BCUT2D eigenvalue weighted by atomic mass is 16.4. The van der Waals surface area contributed by atoms with Crippen molar-refractivity contribution >= 4 is 12.4 Å². The first-order valence-corrected chi connectivity index (χ1v) is 3.76. The molecule has 0 aromatic rings. The average molecular weight is 179 g/mol. The molecular formula is C9H9NO3. The van der Waals surface area contributed by atoms with Crippen LogP contribution in [0.2, 0.25) is 0 Å².